The molecule has 1 aliphatic carbocycles. The van der Waals surface area contributed by atoms with Crippen molar-refractivity contribution >= 4 is 21.8 Å². The Bertz CT molecular complexity index is 749. The van der Waals surface area contributed by atoms with E-state index in [1.54, 1.807) is 4.72 Å². The van der Waals surface area contributed by atoms with Gasteiger partial charge < -0.3 is 10.2 Å². The lowest BCUT2D eigenvalue weighted by atomic mass is 10.0. The molecule has 1 fully saturated rings. The average Bonchev–Trinajstić information content (AvgIpc) is 2.57. The molecule has 0 bridgehead atoms. The van der Waals surface area contributed by atoms with Crippen LogP contribution >= 0.6 is 0 Å². The summed E-state index contributed by atoms with van der Waals surface area (Å²) in [7, 11) is -4.20. The van der Waals surface area contributed by atoms with Crippen molar-refractivity contribution < 1.29 is 27.8 Å². The van der Waals surface area contributed by atoms with Crippen LogP contribution in [0.4, 0.5) is 10.1 Å². The highest BCUT2D eigenvalue weighted by Gasteiger charge is 2.38. The van der Waals surface area contributed by atoms with Gasteiger partial charge in [0.15, 0.2) is 5.82 Å². The monoisotopic (exact) mass is 330 g/mol. The molecular formula is C13H15FN2O5S. The number of hydrogen-bond donors (Lipinski definition) is 3. The second kappa shape index (κ2) is 5.10. The average molecular weight is 330 g/mol. The first kappa shape index (κ1) is 15.0. The summed E-state index contributed by atoms with van der Waals surface area (Å²) in [6.07, 6.45) is 0.887. The number of benzene rings is 1. The van der Waals surface area contributed by atoms with E-state index in [4.69, 9.17) is 0 Å². The van der Waals surface area contributed by atoms with Crippen LogP contribution in [0.3, 0.4) is 0 Å². The fraction of sp³-hybridized carbons (Fsp3) is 0.462. The number of nitrogens with zero attached hydrogens (tertiary/aromatic N) is 1. The van der Waals surface area contributed by atoms with Crippen LogP contribution in [0.15, 0.2) is 6.07 Å². The number of nitrogens with one attached hydrogen (secondary N) is 1. The molecule has 7 nitrogen and oxygen atoms in total. The van der Waals surface area contributed by atoms with E-state index < -0.39 is 46.0 Å². The predicted molar refractivity (Wildman–Crippen MR) is 75.1 cm³/mol. The molecule has 0 saturated carbocycles. The number of anilines is 1. The highest BCUT2D eigenvalue weighted by molar-refractivity contribution is 7.92. The van der Waals surface area contributed by atoms with Crippen LogP contribution in [0, 0.1) is 5.82 Å². The van der Waals surface area contributed by atoms with Gasteiger partial charge in [0.2, 0.25) is 0 Å². The molecule has 9 heteroatoms. The third kappa shape index (κ3) is 2.40. The number of carbonyl (C=O) groups excluding carboxylic acids is 1. The van der Waals surface area contributed by atoms with Crippen LogP contribution in [0.2, 0.25) is 0 Å². The molecule has 0 radical (unpaired) electrons. The van der Waals surface area contributed by atoms with Crippen molar-refractivity contribution in [3.8, 4) is 5.75 Å². The molecular weight excluding hydrogens is 315 g/mol. The van der Waals surface area contributed by atoms with E-state index in [1.165, 1.54) is 6.07 Å². The summed E-state index contributed by atoms with van der Waals surface area (Å²) in [6.45, 7) is -0.575. The Morgan fingerprint density at radius 2 is 2.00 bits per heavy atom. The van der Waals surface area contributed by atoms with Crippen molar-refractivity contribution in [2.45, 2.75) is 31.8 Å². The largest absolute Gasteiger partial charge is 0.506 e. The van der Waals surface area contributed by atoms with Gasteiger partial charge in [0.25, 0.3) is 5.91 Å². The van der Waals surface area contributed by atoms with Crippen LogP contribution in [-0.2, 0) is 27.8 Å². The quantitative estimate of drug-likeness (QED) is 0.626. The van der Waals surface area contributed by atoms with Crippen molar-refractivity contribution in [3.63, 3.8) is 0 Å². The van der Waals surface area contributed by atoms with E-state index >= 15 is 0 Å². The molecule has 1 saturated heterocycles. The minimum absolute atomic E-state index is 0.241. The van der Waals surface area contributed by atoms with Crippen molar-refractivity contribution in [1.29, 1.82) is 0 Å². The number of fused-ring (bicyclic) bond motifs is 1. The lowest BCUT2D eigenvalue weighted by Crippen LogP contribution is -2.30. The number of phenols is 1. The molecule has 1 aliphatic heterocycles. The summed E-state index contributed by atoms with van der Waals surface area (Å²) in [5.74, 6) is -2.18. The molecule has 120 valence electrons. The number of carbonyl (C=O) groups is 1. The number of hydrogen-bond acceptors (Lipinski definition) is 5. The molecule has 1 amide bonds. The van der Waals surface area contributed by atoms with Gasteiger partial charge in [-0.05, 0) is 42.9 Å². The van der Waals surface area contributed by atoms with Gasteiger partial charge in [0.1, 0.15) is 18.0 Å². The number of amides is 1. The van der Waals surface area contributed by atoms with Gasteiger partial charge in [-0.15, -0.1) is 0 Å². The fourth-order valence-corrected chi connectivity index (χ4v) is 4.03. The molecule has 22 heavy (non-hydrogen) atoms. The molecule has 1 unspecified atom stereocenters. The topological polar surface area (TPSA) is 107 Å². The lowest BCUT2D eigenvalue weighted by molar-refractivity contribution is -0.117. The van der Waals surface area contributed by atoms with E-state index in [2.05, 4.69) is 0 Å². The third-order valence-electron chi connectivity index (χ3n) is 3.96. The van der Waals surface area contributed by atoms with Crippen LogP contribution in [0.1, 0.15) is 24.0 Å². The fourth-order valence-electron chi connectivity index (χ4n) is 2.87. The molecule has 3 rings (SSSR count). The summed E-state index contributed by atoms with van der Waals surface area (Å²) < 4.78 is 40.7. The number of rotatable bonds is 1. The van der Waals surface area contributed by atoms with Gasteiger partial charge in [-0.25, -0.2) is 13.4 Å². The van der Waals surface area contributed by atoms with Gasteiger partial charge in [-0.2, -0.15) is 8.42 Å². The number of aryl methyl sites for hydroxylation is 1. The zero-order chi connectivity index (χ0) is 16.1. The Morgan fingerprint density at radius 1 is 1.32 bits per heavy atom. The first-order valence-corrected chi connectivity index (χ1v) is 8.28. The molecule has 1 atom stereocenters. The Morgan fingerprint density at radius 3 is 2.64 bits per heavy atom. The van der Waals surface area contributed by atoms with Gasteiger partial charge in [-0.3, -0.25) is 4.79 Å². The van der Waals surface area contributed by atoms with Crippen molar-refractivity contribution in [2.75, 3.05) is 10.8 Å². The third-order valence-corrected chi connectivity index (χ3v) is 5.34. The SMILES string of the molecule is O=C1CN(c2c(O)cc3c(c2F)CCC(O)CC3)S(=O)(=O)N1. The van der Waals surface area contributed by atoms with Gasteiger partial charge in [0, 0.05) is 0 Å². The van der Waals surface area contributed by atoms with Gasteiger partial charge in [-0.1, -0.05) is 0 Å². The van der Waals surface area contributed by atoms with E-state index in [-0.39, 0.29) is 12.0 Å². The Hall–Kier alpha value is -1.87. The zero-order valence-electron chi connectivity index (χ0n) is 11.5. The van der Waals surface area contributed by atoms with Gasteiger partial charge >= 0.3 is 10.2 Å². The first-order chi connectivity index (χ1) is 10.3. The number of aliphatic hydroxyl groups excluding tert-OH is 1. The molecule has 0 aromatic heterocycles. The van der Waals surface area contributed by atoms with Crippen LogP contribution < -0.4 is 9.03 Å². The number of aromatic hydroxyl groups is 1. The van der Waals surface area contributed by atoms with E-state index in [9.17, 15) is 27.8 Å². The maximum absolute atomic E-state index is 14.8. The first-order valence-electron chi connectivity index (χ1n) is 6.84. The number of aliphatic hydroxyl groups is 1. The second-order valence-electron chi connectivity index (χ2n) is 5.46. The molecule has 1 heterocycles. The summed E-state index contributed by atoms with van der Waals surface area (Å²) in [6, 6.07) is 1.31. The number of halogens is 1. The normalized spacial score (nSPS) is 23.8. The molecule has 0 spiro atoms. The standard InChI is InChI=1S/C13H15FN2O5S/c14-12-9-4-3-8(17)2-1-7(9)5-10(18)13(12)16-6-11(19)15-22(16,20)21/h5,8,17-18H,1-4,6H2,(H,15,19). The molecule has 1 aromatic rings. The Labute approximate surface area is 126 Å². The van der Waals surface area contributed by atoms with Crippen LogP contribution in [-0.4, -0.2) is 37.2 Å². The van der Waals surface area contributed by atoms with Gasteiger partial charge in [0.05, 0.1) is 6.10 Å². The minimum atomic E-state index is -4.20. The second-order valence-corrected chi connectivity index (χ2v) is 7.06. The molecule has 2 aliphatic rings. The van der Waals surface area contributed by atoms with E-state index in [1.807, 2.05) is 0 Å². The number of phenolic OH excluding ortho intramolecular Hbond substituents is 1. The van der Waals surface area contributed by atoms with Crippen LogP contribution in [0.25, 0.3) is 0 Å². The smallest absolute Gasteiger partial charge is 0.326 e. The minimum Gasteiger partial charge on any atom is -0.506 e. The Balaban J connectivity index is 2.13. The molecule has 1 aromatic carbocycles. The molecule has 3 N–H and O–H groups in total. The highest BCUT2D eigenvalue weighted by atomic mass is 32.2. The summed E-state index contributed by atoms with van der Waals surface area (Å²) in [5.41, 5.74) is 0.304. The summed E-state index contributed by atoms with van der Waals surface area (Å²) in [4.78, 5) is 11.3. The highest BCUT2D eigenvalue weighted by Crippen LogP contribution is 2.39. The lowest BCUT2D eigenvalue weighted by Gasteiger charge is -2.20. The zero-order valence-corrected chi connectivity index (χ0v) is 12.4. The predicted octanol–water partition coefficient (Wildman–Crippen LogP) is -0.0480. The van der Waals surface area contributed by atoms with Crippen molar-refractivity contribution in [1.82, 2.24) is 4.72 Å². The Kier molecular flexibility index (Phi) is 3.48. The van der Waals surface area contributed by atoms with Crippen LogP contribution in [0.5, 0.6) is 5.75 Å². The van der Waals surface area contributed by atoms with E-state index in [0.29, 0.717) is 29.1 Å². The van der Waals surface area contributed by atoms with Crippen molar-refractivity contribution in [3.05, 3.63) is 23.0 Å². The maximum Gasteiger partial charge on any atom is 0.326 e. The van der Waals surface area contributed by atoms with E-state index in [0.717, 1.165) is 0 Å². The summed E-state index contributed by atoms with van der Waals surface area (Å²) in [5, 5.41) is 19.7. The summed E-state index contributed by atoms with van der Waals surface area (Å²) >= 11 is 0. The van der Waals surface area contributed by atoms with Crippen molar-refractivity contribution in [2.24, 2.45) is 0 Å². The maximum atomic E-state index is 14.8.